The summed E-state index contributed by atoms with van der Waals surface area (Å²) < 4.78 is 5.23. The number of hydrogen-bond acceptors (Lipinski definition) is 3. The fourth-order valence-electron chi connectivity index (χ4n) is 1.65. The summed E-state index contributed by atoms with van der Waals surface area (Å²) in [5.74, 6) is -0.847. The summed E-state index contributed by atoms with van der Waals surface area (Å²) in [6, 6.07) is 11.3. The van der Waals surface area contributed by atoms with Gasteiger partial charge in [-0.05, 0) is 31.2 Å². The number of carbonyl (C=O) groups is 2. The van der Waals surface area contributed by atoms with Crippen molar-refractivity contribution >= 4 is 35.0 Å². The van der Waals surface area contributed by atoms with Crippen LogP contribution in [0.15, 0.2) is 42.5 Å². The Hall–Kier alpha value is -1.84. The highest BCUT2D eigenvalue weighted by Gasteiger charge is 2.18. The number of halogens is 2. The Bertz CT molecular complexity index is 666. The molecule has 0 heterocycles. The Morgan fingerprint density at radius 1 is 1.05 bits per heavy atom. The minimum Gasteiger partial charge on any atom is -0.421 e. The van der Waals surface area contributed by atoms with Gasteiger partial charge in [0, 0.05) is 5.02 Å². The van der Waals surface area contributed by atoms with Crippen molar-refractivity contribution in [2.75, 3.05) is 0 Å². The van der Waals surface area contributed by atoms with Crippen LogP contribution in [0.4, 0.5) is 0 Å². The zero-order chi connectivity index (χ0) is 14.7. The van der Waals surface area contributed by atoms with E-state index in [0.717, 1.165) is 0 Å². The third-order valence-electron chi connectivity index (χ3n) is 2.59. The first kappa shape index (κ1) is 14.6. The van der Waals surface area contributed by atoms with Crippen molar-refractivity contribution in [3.05, 3.63) is 63.6 Å². The maximum absolute atomic E-state index is 12.0. The second kappa shape index (κ2) is 6.07. The van der Waals surface area contributed by atoms with Crippen molar-refractivity contribution in [3.63, 3.8) is 0 Å². The minimum absolute atomic E-state index is 0.0254. The lowest BCUT2D eigenvalue weighted by Crippen LogP contribution is -2.11. The summed E-state index contributed by atoms with van der Waals surface area (Å²) in [5, 5.41) is 0.423. The maximum atomic E-state index is 12.0. The van der Waals surface area contributed by atoms with E-state index in [9.17, 15) is 9.59 Å². The summed E-state index contributed by atoms with van der Waals surface area (Å²) in [6.45, 7) is 1.35. The molecule has 0 aliphatic heterocycles. The molecule has 2 rings (SSSR count). The predicted molar refractivity (Wildman–Crippen MR) is 77.9 cm³/mol. The summed E-state index contributed by atoms with van der Waals surface area (Å²) in [7, 11) is 0. The van der Waals surface area contributed by atoms with E-state index in [1.54, 1.807) is 30.3 Å². The second-order valence-corrected chi connectivity index (χ2v) is 4.92. The Kier molecular flexibility index (Phi) is 4.42. The largest absolute Gasteiger partial charge is 0.421 e. The molecule has 20 heavy (non-hydrogen) atoms. The van der Waals surface area contributed by atoms with Gasteiger partial charge in [-0.25, -0.2) is 4.79 Å². The summed E-state index contributed by atoms with van der Waals surface area (Å²) in [5.41, 5.74) is 0.541. The molecule has 2 aromatic carbocycles. The zero-order valence-corrected chi connectivity index (χ0v) is 12.0. The maximum Gasteiger partial charge on any atom is 0.343 e. The number of Topliss-reactive ketones (excluding diaryl/α,β-unsaturated/α-hetero) is 1. The smallest absolute Gasteiger partial charge is 0.343 e. The molecule has 0 N–H and O–H groups in total. The van der Waals surface area contributed by atoms with Crippen LogP contribution in [0.2, 0.25) is 10.0 Å². The molecule has 0 aromatic heterocycles. The molecule has 0 atom stereocenters. The Morgan fingerprint density at radius 3 is 2.30 bits per heavy atom. The monoisotopic (exact) mass is 308 g/mol. The van der Waals surface area contributed by atoms with Crippen LogP contribution in [0.3, 0.4) is 0 Å². The summed E-state index contributed by atoms with van der Waals surface area (Å²) in [4.78, 5) is 23.6. The molecular formula is C15H10Cl2O3. The molecule has 2 aromatic rings. The average Bonchev–Trinajstić information content (AvgIpc) is 2.42. The lowest BCUT2D eigenvalue weighted by Gasteiger charge is -2.10. The molecule has 0 saturated carbocycles. The van der Waals surface area contributed by atoms with E-state index in [2.05, 4.69) is 0 Å². The Labute approximate surface area is 126 Å². The van der Waals surface area contributed by atoms with Crippen LogP contribution in [0.25, 0.3) is 0 Å². The van der Waals surface area contributed by atoms with E-state index in [1.807, 2.05) is 0 Å². The molecule has 0 fully saturated rings. The van der Waals surface area contributed by atoms with Crippen LogP contribution in [0.1, 0.15) is 27.6 Å². The van der Waals surface area contributed by atoms with Gasteiger partial charge in [-0.2, -0.15) is 0 Å². The van der Waals surface area contributed by atoms with Crippen LogP contribution < -0.4 is 4.74 Å². The number of rotatable bonds is 3. The van der Waals surface area contributed by atoms with Crippen LogP contribution in [-0.2, 0) is 0 Å². The molecule has 0 aliphatic rings. The Morgan fingerprint density at radius 2 is 1.70 bits per heavy atom. The lowest BCUT2D eigenvalue weighted by atomic mass is 10.1. The first-order valence-electron chi connectivity index (χ1n) is 5.76. The number of hydrogen-bond donors (Lipinski definition) is 0. The van der Waals surface area contributed by atoms with Crippen molar-refractivity contribution in [1.82, 2.24) is 0 Å². The number of benzene rings is 2. The first-order chi connectivity index (χ1) is 9.49. The molecule has 0 spiro atoms. The van der Waals surface area contributed by atoms with E-state index in [0.29, 0.717) is 10.6 Å². The van der Waals surface area contributed by atoms with Gasteiger partial charge in [-0.1, -0.05) is 41.4 Å². The van der Waals surface area contributed by atoms with Gasteiger partial charge in [0.1, 0.15) is 0 Å². The SMILES string of the molecule is CC(=O)c1cc(Cl)cc(Cl)c1OC(=O)c1ccccc1. The predicted octanol–water partition coefficient (Wildman–Crippen LogP) is 4.42. The third-order valence-corrected chi connectivity index (χ3v) is 3.09. The zero-order valence-electron chi connectivity index (χ0n) is 10.5. The molecule has 102 valence electrons. The highest BCUT2D eigenvalue weighted by Crippen LogP contribution is 2.33. The van der Waals surface area contributed by atoms with E-state index in [-0.39, 0.29) is 22.1 Å². The van der Waals surface area contributed by atoms with E-state index in [1.165, 1.54) is 19.1 Å². The molecule has 5 heteroatoms. The van der Waals surface area contributed by atoms with Crippen molar-refractivity contribution < 1.29 is 14.3 Å². The van der Waals surface area contributed by atoms with Gasteiger partial charge in [0.2, 0.25) is 0 Å². The summed E-state index contributed by atoms with van der Waals surface area (Å²) in [6.07, 6.45) is 0. The first-order valence-corrected chi connectivity index (χ1v) is 6.52. The van der Waals surface area contributed by atoms with Crippen LogP contribution in [0.5, 0.6) is 5.75 Å². The minimum atomic E-state index is -0.586. The summed E-state index contributed by atoms with van der Waals surface area (Å²) >= 11 is 11.8. The third kappa shape index (κ3) is 3.18. The van der Waals surface area contributed by atoms with Gasteiger partial charge in [0.25, 0.3) is 0 Å². The topological polar surface area (TPSA) is 43.4 Å². The molecule has 0 unspecified atom stereocenters. The standard InChI is InChI=1S/C15H10Cl2O3/c1-9(18)12-7-11(16)8-13(17)14(12)20-15(19)10-5-3-2-4-6-10/h2-8H,1H3. The van der Waals surface area contributed by atoms with Gasteiger partial charge in [-0.15, -0.1) is 0 Å². The van der Waals surface area contributed by atoms with Gasteiger partial charge in [-0.3, -0.25) is 4.79 Å². The molecule has 0 saturated heterocycles. The van der Waals surface area contributed by atoms with E-state index >= 15 is 0 Å². The van der Waals surface area contributed by atoms with Crippen molar-refractivity contribution in [3.8, 4) is 5.75 Å². The quantitative estimate of drug-likeness (QED) is 0.479. The van der Waals surface area contributed by atoms with Crippen molar-refractivity contribution in [1.29, 1.82) is 0 Å². The highest BCUT2D eigenvalue weighted by atomic mass is 35.5. The van der Waals surface area contributed by atoms with Gasteiger partial charge in [0.15, 0.2) is 11.5 Å². The van der Waals surface area contributed by atoms with E-state index < -0.39 is 5.97 Å². The Balaban J connectivity index is 2.39. The van der Waals surface area contributed by atoms with Gasteiger partial charge >= 0.3 is 5.97 Å². The molecule has 3 nitrogen and oxygen atoms in total. The van der Waals surface area contributed by atoms with Crippen LogP contribution in [-0.4, -0.2) is 11.8 Å². The number of ketones is 1. The molecule has 0 aliphatic carbocycles. The number of ether oxygens (including phenoxy) is 1. The molecule has 0 bridgehead atoms. The van der Waals surface area contributed by atoms with Gasteiger partial charge < -0.3 is 4.74 Å². The fraction of sp³-hybridized carbons (Fsp3) is 0.0667. The van der Waals surface area contributed by atoms with Crippen molar-refractivity contribution in [2.45, 2.75) is 6.92 Å². The van der Waals surface area contributed by atoms with Crippen molar-refractivity contribution in [2.24, 2.45) is 0 Å². The molecule has 0 amide bonds. The number of esters is 1. The van der Waals surface area contributed by atoms with Crippen LogP contribution in [0, 0.1) is 0 Å². The van der Waals surface area contributed by atoms with E-state index in [4.69, 9.17) is 27.9 Å². The lowest BCUT2D eigenvalue weighted by molar-refractivity contribution is 0.0733. The average molecular weight is 309 g/mol. The second-order valence-electron chi connectivity index (χ2n) is 4.08. The van der Waals surface area contributed by atoms with Gasteiger partial charge in [0.05, 0.1) is 16.1 Å². The molecular weight excluding hydrogens is 299 g/mol. The normalized spacial score (nSPS) is 10.2. The number of carbonyl (C=O) groups excluding carboxylic acids is 2. The van der Waals surface area contributed by atoms with Crippen LogP contribution >= 0.6 is 23.2 Å². The fourth-order valence-corrected chi connectivity index (χ4v) is 2.18. The highest BCUT2D eigenvalue weighted by molar-refractivity contribution is 6.36. The molecule has 0 radical (unpaired) electrons.